The highest BCUT2D eigenvalue weighted by Crippen LogP contribution is 2.65. The lowest BCUT2D eigenvalue weighted by molar-refractivity contribution is -0.199. The molecule has 2 bridgehead atoms. The van der Waals surface area contributed by atoms with Gasteiger partial charge in [-0.25, -0.2) is 4.98 Å². The normalized spacial score (nSPS) is 26.0. The number of benzene rings is 1. The maximum Gasteiger partial charge on any atom is 0.481 e. The third kappa shape index (κ3) is 7.17. The van der Waals surface area contributed by atoms with E-state index in [1.54, 1.807) is 0 Å². The smallest absolute Gasteiger partial charge is 0.404 e. The molecule has 242 valence electrons. The number of aromatic nitrogens is 2. The van der Waals surface area contributed by atoms with E-state index >= 15 is 0 Å². The van der Waals surface area contributed by atoms with Crippen LogP contribution in [0.4, 0.5) is 0 Å². The average molecular weight is 617 g/mol. The zero-order chi connectivity index (χ0) is 32.4. The summed E-state index contributed by atoms with van der Waals surface area (Å²) in [5, 5.41) is 6.00. The SMILES string of the molecule is CCCCc1ccc(C(=O)C[C@@H](CNC(=O)c2cnccn2)C(=O)N[C@@H](CC(C)C)B2O[C@@H]3C[C@H]4C[C@H](C4(C)C)[C@]3(C)O2)cc1. The molecule has 0 unspecified atom stereocenters. The summed E-state index contributed by atoms with van der Waals surface area (Å²) in [6.45, 7) is 13.2. The molecule has 6 atom stereocenters. The third-order valence-electron chi connectivity index (χ3n) is 10.6. The molecule has 0 spiro atoms. The van der Waals surface area contributed by atoms with Crippen molar-refractivity contribution < 1.29 is 23.7 Å². The summed E-state index contributed by atoms with van der Waals surface area (Å²) in [6.07, 6.45) is 10.2. The highest BCUT2D eigenvalue weighted by atomic mass is 16.7. The van der Waals surface area contributed by atoms with Crippen LogP contribution in [-0.4, -0.2) is 58.9 Å². The van der Waals surface area contributed by atoms with Crippen LogP contribution in [0, 0.1) is 29.1 Å². The molecule has 3 saturated carbocycles. The van der Waals surface area contributed by atoms with Gasteiger partial charge in [-0.05, 0) is 67.8 Å². The first-order valence-corrected chi connectivity index (χ1v) is 16.7. The topological polar surface area (TPSA) is 120 Å². The van der Waals surface area contributed by atoms with Gasteiger partial charge < -0.3 is 19.9 Å². The fraction of sp³-hybridized carbons (Fsp3) is 0.629. The van der Waals surface area contributed by atoms with Crippen LogP contribution < -0.4 is 10.6 Å². The van der Waals surface area contributed by atoms with Gasteiger partial charge in [-0.15, -0.1) is 0 Å². The molecule has 1 saturated heterocycles. The molecule has 1 aromatic carbocycles. The van der Waals surface area contributed by atoms with Gasteiger partial charge in [-0.3, -0.25) is 19.4 Å². The summed E-state index contributed by atoms with van der Waals surface area (Å²) in [5.74, 6) is -0.825. The molecule has 2 heterocycles. The monoisotopic (exact) mass is 616 g/mol. The van der Waals surface area contributed by atoms with Crippen molar-refractivity contribution in [1.29, 1.82) is 0 Å². The first kappa shape index (κ1) is 33.3. The lowest BCUT2D eigenvalue weighted by Gasteiger charge is -2.64. The highest BCUT2D eigenvalue weighted by Gasteiger charge is 2.68. The standard InChI is InChI=1S/C35H49BN4O5/c1-7-8-9-23-10-12-24(13-11-23)28(41)17-25(20-39-33(43)27-21-37-14-15-38-27)32(42)40-31(16-22(2)3)36-44-30-19-26-18-29(34(26,4)5)35(30,6)45-36/h10-15,21-22,25-26,29-31H,7-9,16-20H2,1-6H3,(H,39,43)(H,40,42)/t25-,26+,29+,30+,31-,35-/m0/s1. The molecule has 10 heteroatoms. The molecule has 1 aromatic heterocycles. The lowest BCUT2D eigenvalue weighted by atomic mass is 9.43. The van der Waals surface area contributed by atoms with Crippen LogP contribution >= 0.6 is 0 Å². The van der Waals surface area contributed by atoms with Gasteiger partial charge >= 0.3 is 7.12 Å². The molecule has 3 aliphatic carbocycles. The Bertz CT molecular complexity index is 1350. The molecule has 6 rings (SSSR count). The minimum atomic E-state index is -0.807. The molecule has 0 radical (unpaired) electrons. The van der Waals surface area contributed by atoms with Gasteiger partial charge in [-0.2, -0.15) is 0 Å². The zero-order valence-electron chi connectivity index (χ0n) is 27.7. The zero-order valence-corrected chi connectivity index (χ0v) is 27.7. The Hall–Kier alpha value is -3.11. The fourth-order valence-corrected chi connectivity index (χ4v) is 7.68. The predicted molar refractivity (Wildman–Crippen MR) is 173 cm³/mol. The second kappa shape index (κ2) is 13.7. The number of unbranched alkanes of at least 4 members (excludes halogenated alkanes) is 1. The number of nitrogens with zero attached hydrogens (tertiary/aromatic N) is 2. The first-order valence-electron chi connectivity index (χ1n) is 16.7. The Kier molecular flexibility index (Phi) is 10.1. The quantitative estimate of drug-likeness (QED) is 0.220. The Morgan fingerprint density at radius 1 is 1.09 bits per heavy atom. The summed E-state index contributed by atoms with van der Waals surface area (Å²) in [7, 11) is -0.581. The summed E-state index contributed by atoms with van der Waals surface area (Å²) < 4.78 is 13.3. The van der Waals surface area contributed by atoms with Crippen LogP contribution in [-0.2, 0) is 20.5 Å². The van der Waals surface area contributed by atoms with Crippen LogP contribution in [0.15, 0.2) is 42.9 Å². The molecule has 2 N–H and O–H groups in total. The van der Waals surface area contributed by atoms with E-state index in [1.807, 2.05) is 24.3 Å². The van der Waals surface area contributed by atoms with E-state index in [1.165, 1.54) is 24.2 Å². The van der Waals surface area contributed by atoms with Crippen molar-refractivity contribution in [3.8, 4) is 0 Å². The van der Waals surface area contributed by atoms with Crippen LogP contribution in [0.1, 0.15) is 106 Å². The van der Waals surface area contributed by atoms with E-state index in [0.29, 0.717) is 23.8 Å². The number of hydrogen-bond acceptors (Lipinski definition) is 7. The minimum absolute atomic E-state index is 0.00483. The Labute approximate surface area is 268 Å². The van der Waals surface area contributed by atoms with Crippen LogP contribution in [0.2, 0.25) is 0 Å². The maximum absolute atomic E-state index is 14.0. The van der Waals surface area contributed by atoms with E-state index in [4.69, 9.17) is 9.31 Å². The summed E-state index contributed by atoms with van der Waals surface area (Å²) in [5.41, 5.74) is 1.69. The minimum Gasteiger partial charge on any atom is -0.404 e. The van der Waals surface area contributed by atoms with Gasteiger partial charge in [0.25, 0.3) is 5.91 Å². The number of amides is 2. The molecule has 2 aromatic rings. The number of hydrogen-bond donors (Lipinski definition) is 2. The van der Waals surface area contributed by atoms with Crippen molar-refractivity contribution in [2.75, 3.05) is 6.54 Å². The van der Waals surface area contributed by atoms with Crippen molar-refractivity contribution in [3.05, 3.63) is 59.7 Å². The Morgan fingerprint density at radius 3 is 2.49 bits per heavy atom. The Morgan fingerprint density at radius 2 is 1.84 bits per heavy atom. The molecule has 2 amide bonds. The van der Waals surface area contributed by atoms with Crippen LogP contribution in [0.5, 0.6) is 0 Å². The van der Waals surface area contributed by atoms with E-state index in [9.17, 15) is 14.4 Å². The molecule has 1 aliphatic heterocycles. The van der Waals surface area contributed by atoms with Crippen molar-refractivity contribution in [2.24, 2.45) is 29.1 Å². The van der Waals surface area contributed by atoms with Crippen molar-refractivity contribution in [3.63, 3.8) is 0 Å². The van der Waals surface area contributed by atoms with E-state index in [0.717, 1.165) is 32.1 Å². The summed E-state index contributed by atoms with van der Waals surface area (Å²) >= 11 is 0. The highest BCUT2D eigenvalue weighted by molar-refractivity contribution is 6.47. The second-order valence-corrected chi connectivity index (χ2v) is 14.5. The maximum atomic E-state index is 14.0. The second-order valence-electron chi connectivity index (χ2n) is 14.5. The van der Waals surface area contributed by atoms with Crippen LogP contribution in [0.25, 0.3) is 0 Å². The molecule has 4 fully saturated rings. The molecule has 9 nitrogen and oxygen atoms in total. The van der Waals surface area contributed by atoms with Gasteiger partial charge in [0.05, 0.1) is 29.8 Å². The molecule has 45 heavy (non-hydrogen) atoms. The van der Waals surface area contributed by atoms with E-state index < -0.39 is 30.5 Å². The van der Waals surface area contributed by atoms with Crippen molar-refractivity contribution in [2.45, 2.75) is 104 Å². The molecular weight excluding hydrogens is 567 g/mol. The first-order chi connectivity index (χ1) is 21.4. The van der Waals surface area contributed by atoms with Gasteiger partial charge in [0.1, 0.15) is 5.69 Å². The Balaban J connectivity index is 1.31. The lowest BCUT2D eigenvalue weighted by Crippen LogP contribution is -2.65. The molecular formula is C35H49BN4O5. The van der Waals surface area contributed by atoms with Gasteiger partial charge in [-0.1, -0.05) is 65.3 Å². The van der Waals surface area contributed by atoms with Crippen molar-refractivity contribution in [1.82, 2.24) is 20.6 Å². The third-order valence-corrected chi connectivity index (χ3v) is 10.6. The van der Waals surface area contributed by atoms with Crippen LogP contribution in [0.3, 0.4) is 0 Å². The average Bonchev–Trinajstić information content (AvgIpc) is 3.39. The number of ketones is 1. The number of rotatable bonds is 14. The van der Waals surface area contributed by atoms with Gasteiger partial charge in [0, 0.05) is 30.9 Å². The number of carbonyl (C=O) groups is 3. The predicted octanol–water partition coefficient (Wildman–Crippen LogP) is 5.24. The number of carbonyl (C=O) groups excluding carboxylic acids is 3. The number of Topliss-reactive ketones (excluding diaryl/α,β-unsaturated/α-hetero) is 1. The number of aryl methyl sites for hydroxylation is 1. The van der Waals surface area contributed by atoms with E-state index in [-0.39, 0.29) is 47.8 Å². The van der Waals surface area contributed by atoms with Crippen molar-refractivity contribution >= 4 is 24.7 Å². The summed E-state index contributed by atoms with van der Waals surface area (Å²) in [6, 6.07) is 7.62. The van der Waals surface area contributed by atoms with Gasteiger partial charge in [0.2, 0.25) is 5.91 Å². The largest absolute Gasteiger partial charge is 0.481 e. The fourth-order valence-electron chi connectivity index (χ4n) is 7.68. The van der Waals surface area contributed by atoms with Gasteiger partial charge in [0.15, 0.2) is 5.78 Å². The van der Waals surface area contributed by atoms with E-state index in [2.05, 4.69) is 62.1 Å². The molecule has 4 aliphatic rings. The summed E-state index contributed by atoms with van der Waals surface area (Å²) in [4.78, 5) is 48.3. The number of nitrogens with one attached hydrogen (secondary N) is 2.